The van der Waals surface area contributed by atoms with Crippen molar-refractivity contribution in [3.63, 3.8) is 0 Å². The van der Waals surface area contributed by atoms with Gasteiger partial charge in [0.2, 0.25) is 0 Å². The Morgan fingerprint density at radius 3 is 2.67 bits per heavy atom. The van der Waals surface area contributed by atoms with Crippen molar-refractivity contribution in [3.8, 4) is 11.3 Å². The van der Waals surface area contributed by atoms with Crippen molar-refractivity contribution in [1.29, 1.82) is 0 Å². The second-order valence-corrected chi connectivity index (χ2v) is 5.07. The number of benzene rings is 1. The second kappa shape index (κ2) is 5.40. The van der Waals surface area contributed by atoms with Gasteiger partial charge in [-0.2, -0.15) is 5.10 Å². The highest BCUT2D eigenvalue weighted by Gasteiger charge is 2.25. The Morgan fingerprint density at radius 1 is 1.33 bits per heavy atom. The monoisotopic (exact) mass is 285 g/mol. The van der Waals surface area contributed by atoms with Gasteiger partial charge in [-0.3, -0.25) is 10.1 Å². The summed E-state index contributed by atoms with van der Waals surface area (Å²) in [6.07, 6.45) is 1.55. The van der Waals surface area contributed by atoms with Crippen molar-refractivity contribution >= 4 is 11.8 Å². The van der Waals surface area contributed by atoms with E-state index in [1.165, 1.54) is 6.07 Å². The van der Waals surface area contributed by atoms with Gasteiger partial charge in [-0.1, -0.05) is 12.1 Å². The lowest BCUT2D eigenvalue weighted by Crippen LogP contribution is -2.14. The maximum atomic E-state index is 11.5. The predicted octanol–water partition coefficient (Wildman–Crippen LogP) is 2.46. The number of carbonyl (C=O) groups is 1. The van der Waals surface area contributed by atoms with Crippen molar-refractivity contribution in [2.45, 2.75) is 25.9 Å². The minimum Gasteiger partial charge on any atom is -0.446 e. The first-order valence-electron chi connectivity index (χ1n) is 6.76. The Hall–Kier alpha value is -2.63. The fraction of sp³-hybridized carbons (Fsp3) is 0.267. The van der Waals surface area contributed by atoms with Gasteiger partial charge in [0, 0.05) is 17.3 Å². The molecule has 1 amide bonds. The summed E-state index contributed by atoms with van der Waals surface area (Å²) in [5.74, 6) is 0. The van der Waals surface area contributed by atoms with Gasteiger partial charge in [-0.05, 0) is 37.5 Å². The van der Waals surface area contributed by atoms with E-state index in [9.17, 15) is 9.59 Å². The zero-order chi connectivity index (χ0) is 14.8. The van der Waals surface area contributed by atoms with Crippen molar-refractivity contribution < 1.29 is 9.53 Å². The summed E-state index contributed by atoms with van der Waals surface area (Å²) >= 11 is 0. The summed E-state index contributed by atoms with van der Waals surface area (Å²) in [6.45, 7) is 1.83. The van der Waals surface area contributed by atoms with E-state index in [2.05, 4.69) is 15.5 Å². The third kappa shape index (κ3) is 3.28. The summed E-state index contributed by atoms with van der Waals surface area (Å²) < 4.78 is 5.11. The van der Waals surface area contributed by atoms with Crippen molar-refractivity contribution in [1.82, 2.24) is 10.2 Å². The number of hydrogen-bond acceptors (Lipinski definition) is 4. The van der Waals surface area contributed by atoms with Crippen LogP contribution in [-0.4, -0.2) is 22.4 Å². The molecule has 3 rings (SSSR count). The van der Waals surface area contributed by atoms with Crippen LogP contribution < -0.4 is 10.9 Å². The number of carbonyl (C=O) groups excluding carboxylic acids is 1. The predicted molar refractivity (Wildman–Crippen MR) is 78.2 cm³/mol. The van der Waals surface area contributed by atoms with E-state index >= 15 is 0 Å². The largest absolute Gasteiger partial charge is 0.446 e. The van der Waals surface area contributed by atoms with Crippen LogP contribution in [0.4, 0.5) is 10.5 Å². The van der Waals surface area contributed by atoms with Gasteiger partial charge in [0.25, 0.3) is 5.56 Å². The molecular weight excluding hydrogens is 270 g/mol. The molecule has 0 bridgehead atoms. The molecule has 1 heterocycles. The van der Waals surface area contributed by atoms with Crippen LogP contribution in [0.2, 0.25) is 0 Å². The fourth-order valence-corrected chi connectivity index (χ4v) is 1.98. The Bertz CT molecular complexity index is 718. The maximum absolute atomic E-state index is 11.5. The molecule has 0 unspecified atom stereocenters. The number of aromatic nitrogens is 2. The average Bonchev–Trinajstić information content (AvgIpc) is 3.24. The first-order valence-corrected chi connectivity index (χ1v) is 6.76. The zero-order valence-electron chi connectivity index (χ0n) is 11.6. The number of nitrogens with one attached hydrogen (secondary N) is 2. The zero-order valence-corrected chi connectivity index (χ0v) is 11.6. The molecule has 2 N–H and O–H groups in total. The SMILES string of the molecule is Cc1cc(=O)[nH]nc1-c1ccc(NC(=O)OC2CC2)cc1. The van der Waals surface area contributed by atoms with Crippen molar-refractivity contribution in [2.75, 3.05) is 5.32 Å². The van der Waals surface area contributed by atoms with Crippen LogP contribution in [0.25, 0.3) is 11.3 Å². The smallest absolute Gasteiger partial charge is 0.411 e. The molecule has 21 heavy (non-hydrogen) atoms. The average molecular weight is 285 g/mol. The number of ether oxygens (including phenoxy) is 1. The fourth-order valence-electron chi connectivity index (χ4n) is 1.98. The van der Waals surface area contributed by atoms with E-state index < -0.39 is 6.09 Å². The van der Waals surface area contributed by atoms with E-state index in [-0.39, 0.29) is 11.7 Å². The Balaban J connectivity index is 1.73. The van der Waals surface area contributed by atoms with Gasteiger partial charge in [0.1, 0.15) is 6.10 Å². The lowest BCUT2D eigenvalue weighted by Gasteiger charge is -2.07. The molecule has 1 aliphatic rings. The van der Waals surface area contributed by atoms with Gasteiger partial charge >= 0.3 is 6.09 Å². The summed E-state index contributed by atoms with van der Waals surface area (Å²) in [5, 5.41) is 9.13. The van der Waals surface area contributed by atoms with Crippen LogP contribution in [-0.2, 0) is 4.74 Å². The lowest BCUT2D eigenvalue weighted by molar-refractivity contribution is 0.154. The van der Waals surface area contributed by atoms with Crippen LogP contribution in [0, 0.1) is 6.92 Å². The standard InChI is InChI=1S/C15H15N3O3/c1-9-8-13(19)17-18-14(9)10-2-4-11(5-3-10)16-15(20)21-12-6-7-12/h2-5,8,12H,6-7H2,1H3,(H,16,20)(H,17,19). The summed E-state index contributed by atoms with van der Waals surface area (Å²) in [6, 6.07) is 8.72. The minimum atomic E-state index is -0.427. The molecule has 6 nitrogen and oxygen atoms in total. The van der Waals surface area contributed by atoms with E-state index in [1.807, 2.05) is 19.1 Å². The molecule has 1 aromatic carbocycles. The van der Waals surface area contributed by atoms with E-state index in [0.717, 1.165) is 24.0 Å². The quantitative estimate of drug-likeness (QED) is 0.907. The number of hydrogen-bond donors (Lipinski definition) is 2. The molecule has 6 heteroatoms. The molecule has 0 radical (unpaired) electrons. The van der Waals surface area contributed by atoms with Gasteiger partial charge in [-0.15, -0.1) is 0 Å². The van der Waals surface area contributed by atoms with Crippen LogP contribution >= 0.6 is 0 Å². The maximum Gasteiger partial charge on any atom is 0.411 e. The van der Waals surface area contributed by atoms with Gasteiger partial charge in [-0.25, -0.2) is 9.89 Å². The van der Waals surface area contributed by atoms with E-state index in [4.69, 9.17) is 4.74 Å². The lowest BCUT2D eigenvalue weighted by atomic mass is 10.1. The Morgan fingerprint density at radius 2 is 2.05 bits per heavy atom. The molecule has 2 aromatic rings. The van der Waals surface area contributed by atoms with Crippen molar-refractivity contribution in [2.24, 2.45) is 0 Å². The molecular formula is C15H15N3O3. The van der Waals surface area contributed by atoms with Gasteiger partial charge in [0.05, 0.1) is 5.69 Å². The second-order valence-electron chi connectivity index (χ2n) is 5.07. The third-order valence-electron chi connectivity index (χ3n) is 3.20. The van der Waals surface area contributed by atoms with E-state index in [1.54, 1.807) is 12.1 Å². The van der Waals surface area contributed by atoms with Crippen molar-refractivity contribution in [3.05, 3.63) is 46.2 Å². The molecule has 0 aliphatic heterocycles. The first-order chi connectivity index (χ1) is 10.1. The number of amides is 1. The molecule has 108 valence electrons. The number of aromatic amines is 1. The molecule has 0 atom stereocenters. The normalized spacial score (nSPS) is 13.8. The number of H-pyrrole nitrogens is 1. The highest BCUT2D eigenvalue weighted by Crippen LogP contribution is 2.25. The number of anilines is 1. The van der Waals surface area contributed by atoms with Crippen LogP contribution in [0.15, 0.2) is 35.1 Å². The number of rotatable bonds is 3. The number of aryl methyl sites for hydroxylation is 1. The van der Waals surface area contributed by atoms with E-state index in [0.29, 0.717) is 11.4 Å². The number of nitrogens with zero attached hydrogens (tertiary/aromatic N) is 1. The molecule has 0 saturated heterocycles. The minimum absolute atomic E-state index is 0.0808. The summed E-state index contributed by atoms with van der Waals surface area (Å²) in [7, 11) is 0. The highest BCUT2D eigenvalue weighted by molar-refractivity contribution is 5.85. The molecule has 0 spiro atoms. The summed E-state index contributed by atoms with van der Waals surface area (Å²) in [4.78, 5) is 22.7. The van der Waals surface area contributed by atoms with Crippen LogP contribution in [0.5, 0.6) is 0 Å². The van der Waals surface area contributed by atoms with Gasteiger partial charge < -0.3 is 4.74 Å². The summed E-state index contributed by atoms with van der Waals surface area (Å²) in [5.41, 5.74) is 2.81. The molecule has 1 saturated carbocycles. The molecule has 1 fully saturated rings. The molecule has 1 aliphatic carbocycles. The Labute approximate surface area is 121 Å². The third-order valence-corrected chi connectivity index (χ3v) is 3.20. The van der Waals surface area contributed by atoms with Gasteiger partial charge in [0.15, 0.2) is 0 Å². The highest BCUT2D eigenvalue weighted by atomic mass is 16.6. The topological polar surface area (TPSA) is 84.1 Å². The van der Waals surface area contributed by atoms with Crippen LogP contribution in [0.1, 0.15) is 18.4 Å². The molecule has 1 aromatic heterocycles. The Kier molecular flexibility index (Phi) is 3.43. The van der Waals surface area contributed by atoms with Crippen LogP contribution in [0.3, 0.4) is 0 Å². The first kappa shape index (κ1) is 13.4.